The third-order valence-corrected chi connectivity index (χ3v) is 1.81. The first kappa shape index (κ1) is 11.7. The van der Waals surface area contributed by atoms with Gasteiger partial charge in [0.2, 0.25) is 0 Å². The summed E-state index contributed by atoms with van der Waals surface area (Å²) >= 11 is 0. The number of esters is 1. The number of ether oxygens (including phenoxy) is 1. The Labute approximate surface area is 91.5 Å². The van der Waals surface area contributed by atoms with E-state index in [4.69, 9.17) is 10.4 Å². The summed E-state index contributed by atoms with van der Waals surface area (Å²) in [4.78, 5) is 11.3. The van der Waals surface area contributed by atoms with Crippen LogP contribution in [0.2, 0.25) is 0 Å². The van der Waals surface area contributed by atoms with Gasteiger partial charge >= 0.3 is 5.97 Å². The average Bonchev–Trinajstić information content (AvgIpc) is 2.28. The summed E-state index contributed by atoms with van der Waals surface area (Å²) in [5, 5.41) is 22.5. The van der Waals surface area contributed by atoms with E-state index in [-0.39, 0.29) is 5.56 Å². The van der Waals surface area contributed by atoms with Gasteiger partial charge in [-0.25, -0.2) is 4.79 Å². The first-order chi connectivity index (χ1) is 7.71. The molecule has 0 bridgehead atoms. The molecular weight excluding hydrogens is 212 g/mol. The molecule has 0 aliphatic carbocycles. The molecule has 1 aromatic carbocycles. The van der Waals surface area contributed by atoms with Gasteiger partial charge < -0.3 is 15.2 Å². The number of hydrogen-bond acceptors (Lipinski definition) is 6. The predicted molar refractivity (Wildman–Crippen MR) is 56.5 cm³/mol. The molecule has 0 fully saturated rings. The highest BCUT2D eigenvalue weighted by Crippen LogP contribution is 2.09. The molecule has 0 radical (unpaired) electrons. The lowest BCUT2D eigenvalue weighted by Gasteiger charge is -2.02. The van der Waals surface area contributed by atoms with Crippen LogP contribution in [-0.2, 0) is 4.74 Å². The van der Waals surface area contributed by atoms with Crippen LogP contribution in [0.3, 0.4) is 0 Å². The van der Waals surface area contributed by atoms with Gasteiger partial charge in [-0.1, -0.05) is 10.3 Å². The van der Waals surface area contributed by atoms with E-state index < -0.39 is 5.97 Å². The van der Waals surface area contributed by atoms with Crippen LogP contribution >= 0.6 is 0 Å². The van der Waals surface area contributed by atoms with Gasteiger partial charge in [-0.3, -0.25) is 0 Å². The third kappa shape index (κ3) is 2.81. The summed E-state index contributed by atoms with van der Waals surface area (Å²) < 4.78 is 4.55. The molecule has 0 aliphatic rings. The highest BCUT2D eigenvalue weighted by atomic mass is 16.5. The normalized spacial score (nSPS) is 11.1. The molecule has 0 saturated carbocycles. The lowest BCUT2D eigenvalue weighted by Crippen LogP contribution is -2.03. The van der Waals surface area contributed by atoms with Gasteiger partial charge in [-0.2, -0.15) is 0 Å². The van der Waals surface area contributed by atoms with Crippen LogP contribution in [0.25, 0.3) is 0 Å². The molecule has 0 spiro atoms. The summed E-state index contributed by atoms with van der Waals surface area (Å²) in [5.41, 5.74) is 1.25. The Morgan fingerprint density at radius 3 is 2.06 bits per heavy atom. The number of rotatable bonds is 3. The Bertz CT molecular complexity index is 410. The van der Waals surface area contributed by atoms with Crippen molar-refractivity contribution in [2.24, 2.45) is 10.3 Å². The monoisotopic (exact) mass is 222 g/mol. The molecule has 0 aromatic heterocycles. The van der Waals surface area contributed by atoms with Crippen molar-refractivity contribution >= 4 is 18.4 Å². The van der Waals surface area contributed by atoms with Crippen molar-refractivity contribution in [1.82, 2.24) is 0 Å². The van der Waals surface area contributed by atoms with E-state index in [2.05, 4.69) is 15.0 Å². The molecule has 1 aromatic rings. The fraction of sp³-hybridized carbons (Fsp3) is 0.100. The lowest BCUT2D eigenvalue weighted by atomic mass is 10.1. The van der Waals surface area contributed by atoms with E-state index in [1.165, 1.54) is 19.2 Å². The molecule has 0 aliphatic heterocycles. The quantitative estimate of drug-likeness (QED) is 0.346. The Kier molecular flexibility index (Phi) is 4.02. The molecule has 6 nitrogen and oxygen atoms in total. The van der Waals surface area contributed by atoms with Gasteiger partial charge in [-0.05, 0) is 29.3 Å². The summed E-state index contributed by atoms with van der Waals surface area (Å²) in [6.45, 7) is 0. The van der Waals surface area contributed by atoms with Gasteiger partial charge in [0.05, 0.1) is 25.1 Å². The summed E-state index contributed by atoms with van der Waals surface area (Å²) in [5.74, 6) is -0.527. The van der Waals surface area contributed by atoms with E-state index >= 15 is 0 Å². The molecular formula is C10H10N2O4. The van der Waals surface area contributed by atoms with Gasteiger partial charge in [0.25, 0.3) is 0 Å². The summed E-state index contributed by atoms with van der Waals surface area (Å²) in [6, 6.07) is 4.55. The summed E-state index contributed by atoms with van der Waals surface area (Å²) in [7, 11) is 1.26. The first-order valence-corrected chi connectivity index (χ1v) is 4.29. The van der Waals surface area contributed by atoms with Crippen LogP contribution in [0.1, 0.15) is 21.5 Å². The molecule has 0 amide bonds. The van der Waals surface area contributed by atoms with Crippen LogP contribution in [-0.4, -0.2) is 35.9 Å². The zero-order chi connectivity index (χ0) is 12.0. The predicted octanol–water partition coefficient (Wildman–Crippen LogP) is 1.09. The number of benzene rings is 1. The second-order valence-corrected chi connectivity index (χ2v) is 2.87. The van der Waals surface area contributed by atoms with Crippen molar-refractivity contribution in [3.63, 3.8) is 0 Å². The molecule has 16 heavy (non-hydrogen) atoms. The highest BCUT2D eigenvalue weighted by molar-refractivity contribution is 5.95. The fourth-order valence-electron chi connectivity index (χ4n) is 1.19. The fourth-order valence-corrected chi connectivity index (χ4v) is 1.19. The summed E-state index contributed by atoms with van der Waals surface area (Å²) in [6.07, 6.45) is 2.31. The minimum Gasteiger partial charge on any atom is -0.465 e. The van der Waals surface area contributed by atoms with Crippen molar-refractivity contribution in [3.05, 3.63) is 34.9 Å². The number of hydrogen-bond donors (Lipinski definition) is 2. The van der Waals surface area contributed by atoms with Crippen LogP contribution in [0.4, 0.5) is 0 Å². The molecule has 0 unspecified atom stereocenters. The Morgan fingerprint density at radius 1 is 1.19 bits per heavy atom. The van der Waals surface area contributed by atoms with Gasteiger partial charge in [0.15, 0.2) is 0 Å². The molecule has 0 atom stereocenters. The van der Waals surface area contributed by atoms with E-state index in [1.807, 2.05) is 0 Å². The molecule has 1 rings (SSSR count). The van der Waals surface area contributed by atoms with Crippen molar-refractivity contribution in [1.29, 1.82) is 0 Å². The van der Waals surface area contributed by atoms with Crippen LogP contribution in [0.5, 0.6) is 0 Å². The molecule has 2 N–H and O–H groups in total. The maximum absolute atomic E-state index is 11.3. The minimum atomic E-state index is -0.527. The Morgan fingerprint density at radius 2 is 1.69 bits per heavy atom. The Hall–Kier alpha value is -2.37. The number of oxime groups is 2. The smallest absolute Gasteiger partial charge is 0.337 e. The maximum atomic E-state index is 11.3. The minimum absolute atomic E-state index is 0.273. The second-order valence-electron chi connectivity index (χ2n) is 2.87. The van der Waals surface area contributed by atoms with Crippen molar-refractivity contribution in [2.45, 2.75) is 0 Å². The average molecular weight is 222 g/mol. The highest BCUT2D eigenvalue weighted by Gasteiger charge is 2.07. The molecule has 0 saturated heterocycles. The van der Waals surface area contributed by atoms with Crippen molar-refractivity contribution in [2.75, 3.05) is 7.11 Å². The first-order valence-electron chi connectivity index (χ1n) is 4.29. The number of methoxy groups -OCH3 is 1. The number of nitrogens with zero attached hydrogens (tertiary/aromatic N) is 2. The van der Waals surface area contributed by atoms with Crippen molar-refractivity contribution < 1.29 is 19.9 Å². The van der Waals surface area contributed by atoms with Gasteiger partial charge in [-0.15, -0.1) is 0 Å². The third-order valence-electron chi connectivity index (χ3n) is 1.81. The molecule has 6 heteroatoms. The van der Waals surface area contributed by atoms with Crippen LogP contribution < -0.4 is 0 Å². The van der Waals surface area contributed by atoms with Gasteiger partial charge in [0.1, 0.15) is 0 Å². The molecule has 84 valence electrons. The van der Waals surface area contributed by atoms with E-state index in [0.29, 0.717) is 11.1 Å². The SMILES string of the molecule is COC(=O)c1cc(/C=N\O)cc(/C=N\O)c1. The zero-order valence-electron chi connectivity index (χ0n) is 8.49. The largest absolute Gasteiger partial charge is 0.465 e. The topological polar surface area (TPSA) is 91.5 Å². The molecule has 0 heterocycles. The maximum Gasteiger partial charge on any atom is 0.337 e. The second kappa shape index (κ2) is 5.50. The zero-order valence-corrected chi connectivity index (χ0v) is 8.49. The van der Waals surface area contributed by atoms with Crippen molar-refractivity contribution in [3.8, 4) is 0 Å². The lowest BCUT2D eigenvalue weighted by molar-refractivity contribution is 0.0600. The number of carbonyl (C=O) groups excluding carboxylic acids is 1. The standard InChI is InChI=1S/C10H10N2O4/c1-16-10(13)9-3-7(5-11-14)2-8(4-9)6-12-15/h2-6,14-15H,1H3/b11-5-,12-6-. The van der Waals surface area contributed by atoms with E-state index in [1.54, 1.807) is 6.07 Å². The van der Waals surface area contributed by atoms with Gasteiger partial charge in [0, 0.05) is 0 Å². The Balaban J connectivity index is 3.23. The van der Waals surface area contributed by atoms with Crippen LogP contribution in [0.15, 0.2) is 28.5 Å². The van der Waals surface area contributed by atoms with E-state index in [0.717, 1.165) is 12.4 Å². The number of carbonyl (C=O) groups is 1. The van der Waals surface area contributed by atoms with E-state index in [9.17, 15) is 4.79 Å². The van der Waals surface area contributed by atoms with Crippen LogP contribution in [0, 0.1) is 0 Å².